The second-order valence-electron chi connectivity index (χ2n) is 2.44. The molecule has 0 atom stereocenters. The van der Waals surface area contributed by atoms with Gasteiger partial charge in [0.15, 0.2) is 0 Å². The summed E-state index contributed by atoms with van der Waals surface area (Å²) in [6.07, 6.45) is 1.27. The second kappa shape index (κ2) is 3.07. The number of rotatable bonds is 1. The highest BCUT2D eigenvalue weighted by Crippen LogP contribution is 2.14. The highest BCUT2D eigenvalue weighted by Gasteiger charge is 2.01. The molecule has 2 aromatic rings. The van der Waals surface area contributed by atoms with Crippen LogP contribution in [0.1, 0.15) is 5.56 Å². The summed E-state index contributed by atoms with van der Waals surface area (Å²) in [4.78, 5) is 3.88. The van der Waals surface area contributed by atoms with Crippen LogP contribution in [-0.2, 0) is 0 Å². The molecule has 0 amide bonds. The average molecular weight is 171 g/mol. The maximum atomic E-state index is 8.56. The van der Waals surface area contributed by atoms with Gasteiger partial charge in [-0.3, -0.25) is 0 Å². The number of aromatic nitrogens is 2. The van der Waals surface area contributed by atoms with Crippen molar-refractivity contribution < 1.29 is 4.52 Å². The zero-order valence-corrected chi connectivity index (χ0v) is 6.64. The van der Waals surface area contributed by atoms with Gasteiger partial charge in [0.1, 0.15) is 0 Å². The van der Waals surface area contributed by atoms with Crippen LogP contribution in [0.5, 0.6) is 0 Å². The van der Waals surface area contributed by atoms with Crippen LogP contribution in [0.15, 0.2) is 35.2 Å². The lowest BCUT2D eigenvalue weighted by molar-refractivity contribution is 0.419. The Labute approximate surface area is 74.4 Å². The van der Waals surface area contributed by atoms with E-state index in [1.54, 1.807) is 24.3 Å². The summed E-state index contributed by atoms with van der Waals surface area (Å²) in [6.45, 7) is 0. The molecule has 13 heavy (non-hydrogen) atoms. The van der Waals surface area contributed by atoms with E-state index in [1.165, 1.54) is 6.39 Å². The first-order chi connectivity index (χ1) is 6.40. The molecule has 1 heterocycles. The maximum Gasteiger partial charge on any atom is 0.214 e. The van der Waals surface area contributed by atoms with Crippen molar-refractivity contribution in [1.29, 1.82) is 5.26 Å². The summed E-state index contributed by atoms with van der Waals surface area (Å²) in [5, 5.41) is 12.2. The topological polar surface area (TPSA) is 62.7 Å². The number of benzene rings is 1. The minimum absolute atomic E-state index is 0.532. The molecule has 4 heteroatoms. The Morgan fingerprint density at radius 2 is 2.00 bits per heavy atom. The average Bonchev–Trinajstić information content (AvgIpc) is 2.71. The Morgan fingerprint density at radius 1 is 1.23 bits per heavy atom. The Morgan fingerprint density at radius 3 is 2.54 bits per heavy atom. The van der Waals surface area contributed by atoms with E-state index in [9.17, 15) is 0 Å². The van der Waals surface area contributed by atoms with Gasteiger partial charge >= 0.3 is 0 Å². The van der Waals surface area contributed by atoms with Gasteiger partial charge in [-0.25, -0.2) is 0 Å². The third-order valence-electron chi connectivity index (χ3n) is 1.63. The van der Waals surface area contributed by atoms with Gasteiger partial charge in [0.2, 0.25) is 12.2 Å². The van der Waals surface area contributed by atoms with Gasteiger partial charge in [-0.15, -0.1) is 0 Å². The van der Waals surface area contributed by atoms with Gasteiger partial charge in [0.25, 0.3) is 0 Å². The smallest absolute Gasteiger partial charge is 0.214 e. The van der Waals surface area contributed by atoms with E-state index in [1.807, 2.05) is 6.07 Å². The number of nitriles is 1. The Hall–Kier alpha value is -2.15. The fourth-order valence-electron chi connectivity index (χ4n) is 0.992. The molecule has 2 rings (SSSR count). The zero-order chi connectivity index (χ0) is 9.10. The number of hydrogen-bond acceptors (Lipinski definition) is 4. The van der Waals surface area contributed by atoms with E-state index in [0.717, 1.165) is 5.56 Å². The first kappa shape index (κ1) is 7.50. The van der Waals surface area contributed by atoms with Crippen molar-refractivity contribution >= 4 is 0 Å². The molecule has 0 unspecified atom stereocenters. The minimum Gasteiger partial charge on any atom is -0.342 e. The highest BCUT2D eigenvalue weighted by molar-refractivity contribution is 5.55. The van der Waals surface area contributed by atoms with Crippen LogP contribution in [0.25, 0.3) is 11.4 Å². The first-order valence-electron chi connectivity index (χ1n) is 3.67. The van der Waals surface area contributed by atoms with E-state index in [-0.39, 0.29) is 0 Å². The van der Waals surface area contributed by atoms with Crippen LogP contribution >= 0.6 is 0 Å². The van der Waals surface area contributed by atoms with Crippen molar-refractivity contribution in [3.05, 3.63) is 36.2 Å². The molecular weight excluding hydrogens is 166 g/mol. The van der Waals surface area contributed by atoms with Crippen molar-refractivity contribution in [1.82, 2.24) is 10.1 Å². The Kier molecular flexibility index (Phi) is 1.77. The van der Waals surface area contributed by atoms with Gasteiger partial charge in [-0.1, -0.05) is 5.16 Å². The Bertz CT molecular complexity index is 425. The molecule has 0 radical (unpaired) electrons. The first-order valence-corrected chi connectivity index (χ1v) is 3.67. The standard InChI is InChI=1S/C9H5N3O/c10-5-7-1-3-8(4-2-7)9-11-6-13-12-9/h1-4,6H. The van der Waals surface area contributed by atoms with E-state index in [4.69, 9.17) is 5.26 Å². The molecular formula is C9H5N3O. The lowest BCUT2D eigenvalue weighted by Crippen LogP contribution is -1.80. The molecule has 62 valence electrons. The van der Waals surface area contributed by atoms with E-state index in [2.05, 4.69) is 14.7 Å². The SMILES string of the molecule is N#Cc1ccc(-c2ncon2)cc1. The molecule has 4 nitrogen and oxygen atoms in total. The van der Waals surface area contributed by atoms with Gasteiger partial charge in [0, 0.05) is 5.56 Å². The molecule has 0 bridgehead atoms. The van der Waals surface area contributed by atoms with Gasteiger partial charge < -0.3 is 4.52 Å². The number of nitrogens with zero attached hydrogens (tertiary/aromatic N) is 3. The van der Waals surface area contributed by atoms with Crippen LogP contribution in [0.4, 0.5) is 0 Å². The predicted octanol–water partition coefficient (Wildman–Crippen LogP) is 1.61. The molecule has 0 saturated heterocycles. The fourth-order valence-corrected chi connectivity index (χ4v) is 0.992. The lowest BCUT2D eigenvalue weighted by atomic mass is 10.1. The monoisotopic (exact) mass is 171 g/mol. The zero-order valence-electron chi connectivity index (χ0n) is 6.64. The van der Waals surface area contributed by atoms with Crippen molar-refractivity contribution in [2.75, 3.05) is 0 Å². The molecule has 1 aromatic carbocycles. The molecule has 0 spiro atoms. The maximum absolute atomic E-state index is 8.56. The number of hydrogen-bond donors (Lipinski definition) is 0. The van der Waals surface area contributed by atoms with Gasteiger partial charge in [-0.2, -0.15) is 10.2 Å². The third-order valence-corrected chi connectivity index (χ3v) is 1.63. The summed E-state index contributed by atoms with van der Waals surface area (Å²) in [5.74, 6) is 0.532. The largest absolute Gasteiger partial charge is 0.342 e. The summed E-state index contributed by atoms with van der Waals surface area (Å²) < 4.78 is 4.60. The van der Waals surface area contributed by atoms with Gasteiger partial charge in [0.05, 0.1) is 11.6 Å². The van der Waals surface area contributed by atoms with Gasteiger partial charge in [-0.05, 0) is 24.3 Å². The third kappa shape index (κ3) is 1.40. The van der Waals surface area contributed by atoms with Crippen LogP contribution in [0.3, 0.4) is 0 Å². The van der Waals surface area contributed by atoms with E-state index in [0.29, 0.717) is 11.4 Å². The molecule has 0 aliphatic heterocycles. The van der Waals surface area contributed by atoms with E-state index >= 15 is 0 Å². The summed E-state index contributed by atoms with van der Waals surface area (Å²) in [6, 6.07) is 9.03. The predicted molar refractivity (Wildman–Crippen MR) is 44.4 cm³/mol. The fraction of sp³-hybridized carbons (Fsp3) is 0. The summed E-state index contributed by atoms with van der Waals surface area (Å²) in [5.41, 5.74) is 1.46. The molecule has 0 aliphatic carbocycles. The van der Waals surface area contributed by atoms with Crippen LogP contribution < -0.4 is 0 Å². The quantitative estimate of drug-likeness (QED) is 0.653. The molecule has 1 aromatic heterocycles. The molecule has 0 saturated carbocycles. The molecule has 0 fully saturated rings. The van der Waals surface area contributed by atoms with Crippen molar-refractivity contribution in [3.63, 3.8) is 0 Å². The molecule has 0 N–H and O–H groups in total. The van der Waals surface area contributed by atoms with Crippen LogP contribution in [0.2, 0.25) is 0 Å². The van der Waals surface area contributed by atoms with Crippen molar-refractivity contribution in [2.24, 2.45) is 0 Å². The molecule has 0 aliphatic rings. The van der Waals surface area contributed by atoms with Crippen molar-refractivity contribution in [3.8, 4) is 17.5 Å². The minimum atomic E-state index is 0.532. The van der Waals surface area contributed by atoms with Crippen LogP contribution in [-0.4, -0.2) is 10.1 Å². The van der Waals surface area contributed by atoms with E-state index < -0.39 is 0 Å². The normalized spacial score (nSPS) is 9.46. The highest BCUT2D eigenvalue weighted by atomic mass is 16.5. The summed E-state index contributed by atoms with van der Waals surface area (Å²) >= 11 is 0. The summed E-state index contributed by atoms with van der Waals surface area (Å²) in [7, 11) is 0. The second-order valence-corrected chi connectivity index (χ2v) is 2.44. The van der Waals surface area contributed by atoms with Crippen LogP contribution in [0, 0.1) is 11.3 Å². The van der Waals surface area contributed by atoms with Crippen molar-refractivity contribution in [2.45, 2.75) is 0 Å². The lowest BCUT2D eigenvalue weighted by Gasteiger charge is -1.92. The Balaban J connectivity index is 2.40.